The largest absolute Gasteiger partial charge is 0.292 e. The summed E-state index contributed by atoms with van der Waals surface area (Å²) in [5.74, 6) is 1.06. The van der Waals surface area contributed by atoms with Gasteiger partial charge in [0, 0.05) is 28.9 Å². The number of aromatic amines is 1. The van der Waals surface area contributed by atoms with E-state index in [9.17, 15) is 0 Å². The summed E-state index contributed by atoms with van der Waals surface area (Å²) in [5.41, 5.74) is 21.9. The molecule has 0 atom stereocenters. The maximum absolute atomic E-state index is 4.93. The summed E-state index contributed by atoms with van der Waals surface area (Å²) in [7, 11) is 0. The Bertz CT molecular complexity index is 7010. The fraction of sp³-hybridized carbons (Fsp3) is 0. The molecule has 3 heterocycles. The van der Waals surface area contributed by atoms with E-state index in [4.69, 9.17) is 4.98 Å². The molecule has 0 aliphatic rings. The average Bonchev–Trinajstić information content (AvgIpc) is 1.13. The van der Waals surface area contributed by atoms with Crippen LogP contribution in [0.3, 0.4) is 0 Å². The minimum absolute atomic E-state index is 0.911. The van der Waals surface area contributed by atoms with Gasteiger partial charge in [0.2, 0.25) is 0 Å². The van der Waals surface area contributed by atoms with Crippen molar-refractivity contribution in [2.75, 3.05) is 0 Å². The zero-order chi connectivity index (χ0) is 69.3. The second-order valence-corrected chi connectivity index (χ2v) is 27.4. The van der Waals surface area contributed by atoms with Gasteiger partial charge in [-0.25, -0.2) is 4.98 Å². The van der Waals surface area contributed by atoms with Gasteiger partial charge < -0.3 is 0 Å². The maximum Gasteiger partial charge on any atom is 0.292 e. The van der Waals surface area contributed by atoms with Crippen LogP contribution in [-0.4, -0.2) is 15.0 Å². The molecule has 105 heavy (non-hydrogen) atoms. The smallest absolute Gasteiger partial charge is 0.256 e. The van der Waals surface area contributed by atoms with E-state index >= 15 is 0 Å². The quantitative estimate of drug-likeness (QED) is 0.116. The first-order valence-corrected chi connectivity index (χ1v) is 36.0. The summed E-state index contributed by atoms with van der Waals surface area (Å²) in [4.78, 5) is 13.3. The monoisotopic (exact) mass is 1330 g/mol. The lowest BCUT2D eigenvalue weighted by atomic mass is 9.84. The number of pyridine rings is 2. The van der Waals surface area contributed by atoms with Crippen LogP contribution in [-0.2, 0) is 0 Å². The lowest BCUT2D eigenvalue weighted by Crippen LogP contribution is -2.31. The Labute approximate surface area is 607 Å². The van der Waals surface area contributed by atoms with E-state index in [1.54, 1.807) is 0 Å². The van der Waals surface area contributed by atoms with E-state index in [1.165, 1.54) is 142 Å². The fourth-order valence-electron chi connectivity index (χ4n) is 16.2. The molecule has 18 aromatic carbocycles. The number of nitrogens with zero attached hydrogens (tertiary/aromatic N) is 3. The Morgan fingerprint density at radius 2 is 0.562 bits per heavy atom. The zero-order valence-electron chi connectivity index (χ0n) is 57.3. The highest BCUT2D eigenvalue weighted by molar-refractivity contribution is 6.24. The molecule has 4 heteroatoms. The third-order valence-corrected chi connectivity index (χ3v) is 21.3. The molecule has 0 amide bonds. The number of para-hydroxylation sites is 4. The van der Waals surface area contributed by atoms with E-state index in [0.29, 0.717) is 0 Å². The van der Waals surface area contributed by atoms with Crippen LogP contribution in [0.15, 0.2) is 389 Å². The predicted octanol–water partition coefficient (Wildman–Crippen LogP) is 26.6. The second-order valence-electron chi connectivity index (χ2n) is 27.4. The normalized spacial score (nSPS) is 11.6. The van der Waals surface area contributed by atoms with Crippen LogP contribution < -0.4 is 4.57 Å². The Morgan fingerprint density at radius 1 is 0.210 bits per heavy atom. The summed E-state index contributed by atoms with van der Waals surface area (Å²) in [6.07, 6.45) is 3.91. The van der Waals surface area contributed by atoms with Crippen LogP contribution in [0.25, 0.3) is 203 Å². The topological polar surface area (TPSA) is 45.5 Å². The summed E-state index contributed by atoms with van der Waals surface area (Å²) in [5, 5.41) is 21.0. The predicted molar refractivity (Wildman–Crippen MR) is 443 cm³/mol. The van der Waals surface area contributed by atoms with Gasteiger partial charge in [-0.05, 0) is 238 Å². The van der Waals surface area contributed by atoms with E-state index in [1.807, 2.05) is 30.6 Å². The van der Waals surface area contributed by atoms with E-state index < -0.39 is 0 Å². The molecule has 0 fully saturated rings. The molecule has 21 aromatic rings. The van der Waals surface area contributed by atoms with E-state index in [2.05, 4.69) is 372 Å². The first-order valence-electron chi connectivity index (χ1n) is 36.0. The molecule has 0 unspecified atom stereocenters. The summed E-state index contributed by atoms with van der Waals surface area (Å²) in [6.45, 7) is 0. The molecule has 488 valence electrons. The molecule has 0 saturated carbocycles. The van der Waals surface area contributed by atoms with Gasteiger partial charge in [-0.2, -0.15) is 4.57 Å². The van der Waals surface area contributed by atoms with Gasteiger partial charge in [0.15, 0.2) is 11.0 Å². The second kappa shape index (κ2) is 25.6. The van der Waals surface area contributed by atoms with Gasteiger partial charge in [0.05, 0.1) is 16.8 Å². The third kappa shape index (κ3) is 10.9. The van der Waals surface area contributed by atoms with Crippen molar-refractivity contribution in [3.63, 3.8) is 0 Å². The van der Waals surface area contributed by atoms with Crippen molar-refractivity contribution in [2.24, 2.45) is 0 Å². The van der Waals surface area contributed by atoms with Gasteiger partial charge in [0.1, 0.15) is 5.69 Å². The highest BCUT2D eigenvalue weighted by Gasteiger charge is 2.24. The Kier molecular flexibility index (Phi) is 14.9. The average molecular weight is 1330 g/mol. The first-order chi connectivity index (χ1) is 52.0. The van der Waals surface area contributed by atoms with Crippen LogP contribution in [0.1, 0.15) is 0 Å². The number of benzene rings is 18. The molecular weight excluding hydrogens is 1270 g/mol. The Hall–Kier alpha value is -13.9. The Morgan fingerprint density at radius 3 is 1.05 bits per heavy atom. The van der Waals surface area contributed by atoms with Crippen LogP contribution >= 0.6 is 0 Å². The lowest BCUT2D eigenvalue weighted by molar-refractivity contribution is -0.554. The Balaban J connectivity index is 0.000000140. The highest BCUT2D eigenvalue weighted by Crippen LogP contribution is 2.48. The van der Waals surface area contributed by atoms with Crippen LogP contribution in [0.2, 0.25) is 0 Å². The van der Waals surface area contributed by atoms with Crippen molar-refractivity contribution in [3.8, 4) is 95.1 Å². The SMILES string of the molecule is c1ccc(-[n+]2c(-c3ccc(-c4ccc5c(-c6ccc7ccccc7c6)c6ccccc6c(-c6ccc7ccccc7c6)c5c4)cc3)[nH]c3ccccc32)cc1.c1ccc2cc(-c3c4ccccc4c(-c4ccc5ccccc5c4)c4cc(-c5ccc(-c6cnc7ccccc7c6)nc5)ccc34)ccc2c1. The number of imidazole rings is 1. The maximum atomic E-state index is 4.93. The molecule has 0 aliphatic heterocycles. The van der Waals surface area contributed by atoms with Gasteiger partial charge in [-0.1, -0.05) is 285 Å². The molecule has 4 nitrogen and oxygen atoms in total. The van der Waals surface area contributed by atoms with Crippen molar-refractivity contribution in [1.29, 1.82) is 0 Å². The molecule has 1 N–H and O–H groups in total. The third-order valence-electron chi connectivity index (χ3n) is 21.3. The minimum atomic E-state index is 0.911. The van der Waals surface area contributed by atoms with Crippen molar-refractivity contribution in [3.05, 3.63) is 389 Å². The number of aromatic nitrogens is 4. The van der Waals surface area contributed by atoms with Crippen LogP contribution in [0.5, 0.6) is 0 Å². The fourth-order valence-corrected chi connectivity index (χ4v) is 16.2. The summed E-state index contributed by atoms with van der Waals surface area (Å²) >= 11 is 0. The van der Waals surface area contributed by atoms with Crippen LogP contribution in [0.4, 0.5) is 0 Å². The number of H-pyrrole nitrogens is 1. The highest BCUT2D eigenvalue weighted by atomic mass is 15.1. The zero-order valence-corrected chi connectivity index (χ0v) is 57.3. The van der Waals surface area contributed by atoms with Gasteiger partial charge >= 0.3 is 0 Å². The molecule has 0 spiro atoms. The number of rotatable bonds is 9. The van der Waals surface area contributed by atoms with Gasteiger partial charge in [-0.15, -0.1) is 0 Å². The minimum Gasteiger partial charge on any atom is -0.256 e. The van der Waals surface area contributed by atoms with Crippen molar-refractivity contribution in [2.45, 2.75) is 0 Å². The number of nitrogens with one attached hydrogen (secondary N) is 1. The lowest BCUT2D eigenvalue weighted by Gasteiger charge is -2.19. The molecular formula is C101H65N4+. The first kappa shape index (κ1) is 61.0. The molecule has 0 bridgehead atoms. The van der Waals surface area contributed by atoms with Gasteiger partial charge in [0.25, 0.3) is 5.82 Å². The number of fused-ring (bicyclic) bond motifs is 10. The molecule has 21 rings (SSSR count). The molecule has 0 saturated heterocycles. The van der Waals surface area contributed by atoms with Crippen molar-refractivity contribution < 1.29 is 4.57 Å². The van der Waals surface area contributed by atoms with Crippen LogP contribution in [0, 0.1) is 0 Å². The number of hydrogen-bond acceptors (Lipinski definition) is 2. The van der Waals surface area contributed by atoms with Gasteiger partial charge in [-0.3, -0.25) is 9.97 Å². The summed E-state index contributed by atoms with van der Waals surface area (Å²) in [6, 6.07) is 137. The van der Waals surface area contributed by atoms with E-state index in [0.717, 1.165) is 61.4 Å². The summed E-state index contributed by atoms with van der Waals surface area (Å²) < 4.78 is 2.32. The molecule has 3 aromatic heterocycles. The van der Waals surface area contributed by atoms with Crippen molar-refractivity contribution >= 4 is 108 Å². The molecule has 0 radical (unpaired) electrons. The molecule has 0 aliphatic carbocycles. The van der Waals surface area contributed by atoms with Crippen molar-refractivity contribution in [1.82, 2.24) is 15.0 Å². The standard InChI is InChI=1S/C53H34N2.C48H30N2/c1-2-16-44(17-3-1)55-50-21-11-10-20-49(50)54-53(55)38-26-22-37(23-27-38)41-30-31-47-48(34-41)52(43-29-25-36-13-5-7-15-40(36)33-43)46-19-9-8-18-45(46)51(47)42-28-24-35-12-4-6-14-39(35)32-42;1-3-11-33-25-37(19-17-31(33)9-1)47-41-14-6-7-15-42(41)48(38-20-18-32-10-2-4-12-34(32)26-38)44-28-35(21-23-43(44)47)39-22-24-46(49-29-39)40-27-36-13-5-8-16-45(36)50-30-40/h1-34H;1-30H/p+1. The number of hydrogen-bond donors (Lipinski definition) is 1. The van der Waals surface area contributed by atoms with E-state index in [-0.39, 0.29) is 0 Å².